The van der Waals surface area contributed by atoms with Crippen LogP contribution in [-0.2, 0) is 11.3 Å². The standard InChI is InChI=1S/C21H39N7O/c1-5-22-21(23-9-11-26(2)10-6-16-29-4)25-18-19-7-8-20(24-17-19)28-14-12-27(3)13-15-28/h7-8,17H,5-6,9-16,18H2,1-4H3,(H2,22,23,25). The van der Waals surface area contributed by atoms with E-state index < -0.39 is 0 Å². The summed E-state index contributed by atoms with van der Waals surface area (Å²) in [6.07, 6.45) is 3.00. The lowest BCUT2D eigenvalue weighted by atomic mass is 10.2. The van der Waals surface area contributed by atoms with Crippen LogP contribution in [0.4, 0.5) is 5.82 Å². The molecule has 8 nitrogen and oxygen atoms in total. The van der Waals surface area contributed by atoms with Crippen LogP contribution >= 0.6 is 0 Å². The number of anilines is 1. The number of pyridine rings is 1. The summed E-state index contributed by atoms with van der Waals surface area (Å²) in [5.41, 5.74) is 1.12. The minimum Gasteiger partial charge on any atom is -0.385 e. The molecule has 164 valence electrons. The van der Waals surface area contributed by atoms with Gasteiger partial charge in [-0.3, -0.25) is 0 Å². The van der Waals surface area contributed by atoms with E-state index in [0.29, 0.717) is 6.54 Å². The van der Waals surface area contributed by atoms with Gasteiger partial charge >= 0.3 is 0 Å². The van der Waals surface area contributed by atoms with Crippen LogP contribution in [0.2, 0.25) is 0 Å². The maximum atomic E-state index is 5.11. The van der Waals surface area contributed by atoms with Crippen LogP contribution in [0.1, 0.15) is 18.9 Å². The molecule has 1 saturated heterocycles. The van der Waals surface area contributed by atoms with Crippen molar-refractivity contribution in [3.8, 4) is 0 Å². The first-order valence-electron chi connectivity index (χ1n) is 10.7. The van der Waals surface area contributed by atoms with Gasteiger partial charge in [0.25, 0.3) is 0 Å². The van der Waals surface area contributed by atoms with E-state index in [1.54, 1.807) is 7.11 Å². The van der Waals surface area contributed by atoms with Crippen LogP contribution in [0, 0.1) is 0 Å². The van der Waals surface area contributed by atoms with Crippen LogP contribution in [-0.4, -0.2) is 101 Å². The monoisotopic (exact) mass is 405 g/mol. The zero-order valence-electron chi connectivity index (χ0n) is 18.7. The van der Waals surface area contributed by atoms with Crippen molar-refractivity contribution in [2.75, 3.05) is 85.1 Å². The van der Waals surface area contributed by atoms with Crippen molar-refractivity contribution in [1.29, 1.82) is 0 Å². The van der Waals surface area contributed by atoms with Gasteiger partial charge in [0, 0.05) is 72.3 Å². The third kappa shape index (κ3) is 8.97. The lowest BCUT2D eigenvalue weighted by molar-refractivity contribution is 0.180. The van der Waals surface area contributed by atoms with Crippen LogP contribution in [0.5, 0.6) is 0 Å². The van der Waals surface area contributed by atoms with E-state index in [1.165, 1.54) is 0 Å². The van der Waals surface area contributed by atoms with Crippen LogP contribution < -0.4 is 15.5 Å². The summed E-state index contributed by atoms with van der Waals surface area (Å²) in [5, 5.41) is 6.73. The van der Waals surface area contributed by atoms with Gasteiger partial charge in [0.2, 0.25) is 0 Å². The van der Waals surface area contributed by atoms with Gasteiger partial charge < -0.3 is 30.1 Å². The van der Waals surface area contributed by atoms with Crippen molar-refractivity contribution in [3.63, 3.8) is 0 Å². The average Bonchev–Trinajstić information content (AvgIpc) is 2.73. The fourth-order valence-electron chi connectivity index (χ4n) is 3.20. The molecule has 0 bridgehead atoms. The van der Waals surface area contributed by atoms with Gasteiger partial charge in [0.1, 0.15) is 5.82 Å². The first kappa shape index (κ1) is 23.4. The number of guanidine groups is 1. The summed E-state index contributed by atoms with van der Waals surface area (Å²) in [6, 6.07) is 4.25. The second-order valence-electron chi connectivity index (χ2n) is 7.59. The van der Waals surface area contributed by atoms with Gasteiger partial charge in [-0.25, -0.2) is 9.98 Å². The normalized spacial score (nSPS) is 15.8. The Kier molecular flexibility index (Phi) is 10.8. The molecule has 0 amide bonds. The van der Waals surface area contributed by atoms with Gasteiger partial charge in [0.15, 0.2) is 5.96 Å². The van der Waals surface area contributed by atoms with Crippen molar-refractivity contribution in [2.45, 2.75) is 19.9 Å². The van der Waals surface area contributed by atoms with E-state index in [4.69, 9.17) is 9.73 Å². The number of nitrogens with zero attached hydrogens (tertiary/aromatic N) is 5. The number of methoxy groups -OCH3 is 1. The second kappa shape index (κ2) is 13.3. The molecule has 2 N–H and O–H groups in total. The Bertz CT molecular complexity index is 585. The number of nitrogens with one attached hydrogen (secondary N) is 2. The molecule has 0 saturated carbocycles. The second-order valence-corrected chi connectivity index (χ2v) is 7.59. The Hall–Kier alpha value is -1.90. The third-order valence-electron chi connectivity index (χ3n) is 5.07. The topological polar surface area (TPSA) is 68.3 Å². The predicted molar refractivity (Wildman–Crippen MR) is 121 cm³/mol. The van der Waals surface area contributed by atoms with E-state index >= 15 is 0 Å². The number of aromatic nitrogens is 1. The van der Waals surface area contributed by atoms with Gasteiger partial charge in [-0.05, 0) is 39.1 Å². The Morgan fingerprint density at radius 3 is 2.66 bits per heavy atom. The molecule has 2 heterocycles. The highest BCUT2D eigenvalue weighted by Crippen LogP contribution is 2.14. The molecule has 8 heteroatoms. The Labute approximate surface area is 176 Å². The van der Waals surface area contributed by atoms with Crippen molar-refractivity contribution in [2.24, 2.45) is 4.99 Å². The van der Waals surface area contributed by atoms with Gasteiger partial charge in [-0.15, -0.1) is 0 Å². The highest BCUT2D eigenvalue weighted by atomic mass is 16.5. The lowest BCUT2D eigenvalue weighted by Crippen LogP contribution is -2.44. The zero-order chi connectivity index (χ0) is 20.9. The fraction of sp³-hybridized carbons (Fsp3) is 0.714. The molecule has 1 aliphatic heterocycles. The molecule has 0 atom stereocenters. The van der Waals surface area contributed by atoms with Gasteiger partial charge in [-0.2, -0.15) is 0 Å². The van der Waals surface area contributed by atoms with E-state index in [0.717, 1.165) is 82.7 Å². The highest BCUT2D eigenvalue weighted by molar-refractivity contribution is 5.79. The molecule has 1 aliphatic rings. The molecular formula is C21H39N7O. The largest absolute Gasteiger partial charge is 0.385 e. The highest BCUT2D eigenvalue weighted by Gasteiger charge is 2.14. The van der Waals surface area contributed by atoms with Gasteiger partial charge in [0.05, 0.1) is 6.54 Å². The Morgan fingerprint density at radius 2 is 2.00 bits per heavy atom. The van der Waals surface area contributed by atoms with Crippen molar-refractivity contribution in [1.82, 2.24) is 25.4 Å². The summed E-state index contributed by atoms with van der Waals surface area (Å²) in [6.45, 7) is 11.5. The van der Waals surface area contributed by atoms with Crippen molar-refractivity contribution >= 4 is 11.8 Å². The molecule has 0 spiro atoms. The minimum absolute atomic E-state index is 0.620. The number of likely N-dealkylation sites (N-methyl/N-ethyl adjacent to an activating group) is 2. The SMILES string of the molecule is CCNC(=NCc1ccc(N2CCN(C)CC2)nc1)NCCN(C)CCCOC. The van der Waals surface area contributed by atoms with E-state index in [9.17, 15) is 0 Å². The first-order valence-corrected chi connectivity index (χ1v) is 10.7. The number of aliphatic imine (C=N–C) groups is 1. The third-order valence-corrected chi connectivity index (χ3v) is 5.07. The molecule has 0 unspecified atom stereocenters. The average molecular weight is 406 g/mol. The van der Waals surface area contributed by atoms with E-state index in [1.807, 2.05) is 6.20 Å². The molecular weight excluding hydrogens is 366 g/mol. The summed E-state index contributed by atoms with van der Waals surface area (Å²) in [4.78, 5) is 16.4. The minimum atomic E-state index is 0.620. The molecule has 0 aliphatic carbocycles. The Balaban J connectivity index is 1.78. The zero-order valence-corrected chi connectivity index (χ0v) is 18.7. The maximum absolute atomic E-state index is 5.11. The smallest absolute Gasteiger partial charge is 0.191 e. The number of hydrogen-bond donors (Lipinski definition) is 2. The number of piperazine rings is 1. The predicted octanol–water partition coefficient (Wildman–Crippen LogP) is 0.857. The van der Waals surface area contributed by atoms with Crippen molar-refractivity contribution < 1.29 is 4.74 Å². The first-order chi connectivity index (χ1) is 14.1. The van der Waals surface area contributed by atoms with Crippen LogP contribution in [0.15, 0.2) is 23.3 Å². The number of ether oxygens (including phenoxy) is 1. The molecule has 1 aromatic heterocycles. The summed E-state index contributed by atoms with van der Waals surface area (Å²) < 4.78 is 5.11. The van der Waals surface area contributed by atoms with Crippen molar-refractivity contribution in [3.05, 3.63) is 23.9 Å². The molecule has 0 aromatic carbocycles. The molecule has 2 rings (SSSR count). The maximum Gasteiger partial charge on any atom is 0.191 e. The summed E-state index contributed by atoms with van der Waals surface area (Å²) in [5.74, 6) is 1.91. The summed E-state index contributed by atoms with van der Waals surface area (Å²) >= 11 is 0. The van der Waals surface area contributed by atoms with E-state index in [-0.39, 0.29) is 0 Å². The number of rotatable bonds is 11. The molecule has 1 fully saturated rings. The number of hydrogen-bond acceptors (Lipinski definition) is 6. The lowest BCUT2D eigenvalue weighted by Gasteiger charge is -2.33. The summed E-state index contributed by atoms with van der Waals surface area (Å²) in [7, 11) is 6.05. The molecule has 29 heavy (non-hydrogen) atoms. The van der Waals surface area contributed by atoms with Crippen LogP contribution in [0.25, 0.3) is 0 Å². The molecule has 1 aromatic rings. The fourth-order valence-corrected chi connectivity index (χ4v) is 3.20. The Morgan fingerprint density at radius 1 is 1.21 bits per heavy atom. The van der Waals surface area contributed by atoms with E-state index in [2.05, 4.69) is 63.5 Å². The van der Waals surface area contributed by atoms with Gasteiger partial charge in [-0.1, -0.05) is 6.07 Å². The molecule has 0 radical (unpaired) electrons. The van der Waals surface area contributed by atoms with Crippen LogP contribution in [0.3, 0.4) is 0 Å². The quantitative estimate of drug-likeness (QED) is 0.321.